The maximum Gasteiger partial charge on any atom is 0.325 e. The molecular formula is C21H23NO5. The molecule has 0 aliphatic heterocycles. The summed E-state index contributed by atoms with van der Waals surface area (Å²) in [5.74, 6) is 0.0416. The molecule has 27 heavy (non-hydrogen) atoms. The Hall–Kier alpha value is -3.28. The number of esters is 1. The van der Waals surface area contributed by atoms with Crippen LogP contribution in [0, 0.1) is 0 Å². The standard InChI is InChI=1S/C21H23NO5/c1-3-7-16-10-11-18(19(12-16)25-2)26-15-20(23)22-13-21(24)27-14-17-8-5-4-6-9-17/h3-12H,13-15H2,1-2H3,(H,22,23)/b7-3+. The van der Waals surface area contributed by atoms with Crippen molar-refractivity contribution in [2.24, 2.45) is 0 Å². The van der Waals surface area contributed by atoms with E-state index in [1.807, 2.05) is 61.5 Å². The minimum atomic E-state index is -0.513. The van der Waals surface area contributed by atoms with Crippen molar-refractivity contribution < 1.29 is 23.8 Å². The zero-order valence-electron chi connectivity index (χ0n) is 15.4. The molecule has 2 aromatic rings. The molecule has 0 fully saturated rings. The average molecular weight is 369 g/mol. The Bertz CT molecular complexity index is 786. The Labute approximate surface area is 158 Å². The van der Waals surface area contributed by atoms with Gasteiger partial charge in [-0.3, -0.25) is 9.59 Å². The average Bonchev–Trinajstić information content (AvgIpc) is 2.70. The van der Waals surface area contributed by atoms with Crippen molar-refractivity contribution >= 4 is 18.0 Å². The molecule has 0 radical (unpaired) electrons. The quantitative estimate of drug-likeness (QED) is 0.688. The van der Waals surface area contributed by atoms with E-state index in [0.717, 1.165) is 11.1 Å². The number of ether oxygens (including phenoxy) is 3. The number of carbonyl (C=O) groups is 2. The van der Waals surface area contributed by atoms with Crippen LogP contribution in [0.1, 0.15) is 18.1 Å². The van der Waals surface area contributed by atoms with Crippen LogP contribution in [-0.4, -0.2) is 32.1 Å². The Balaban J connectivity index is 1.75. The van der Waals surface area contributed by atoms with Gasteiger partial charge < -0.3 is 19.5 Å². The van der Waals surface area contributed by atoms with Gasteiger partial charge in [-0.05, 0) is 30.2 Å². The molecule has 0 saturated heterocycles. The summed E-state index contributed by atoms with van der Waals surface area (Å²) in [5, 5.41) is 2.47. The van der Waals surface area contributed by atoms with Crippen LogP contribution in [0.3, 0.4) is 0 Å². The fraction of sp³-hybridized carbons (Fsp3) is 0.238. The maximum atomic E-state index is 11.9. The van der Waals surface area contributed by atoms with Crippen LogP contribution in [0.2, 0.25) is 0 Å². The highest BCUT2D eigenvalue weighted by Crippen LogP contribution is 2.28. The molecule has 0 atom stereocenters. The van der Waals surface area contributed by atoms with Crippen molar-refractivity contribution in [1.29, 1.82) is 0 Å². The van der Waals surface area contributed by atoms with E-state index < -0.39 is 11.9 Å². The minimum Gasteiger partial charge on any atom is -0.493 e. The maximum absolute atomic E-state index is 11.9. The number of hydrogen-bond donors (Lipinski definition) is 1. The predicted octanol–water partition coefficient (Wildman–Crippen LogP) is 2.97. The topological polar surface area (TPSA) is 73.9 Å². The molecule has 142 valence electrons. The van der Waals surface area contributed by atoms with Crippen molar-refractivity contribution in [3.63, 3.8) is 0 Å². The fourth-order valence-electron chi connectivity index (χ4n) is 2.25. The first-order valence-electron chi connectivity index (χ1n) is 8.52. The first kappa shape index (κ1) is 20.0. The third-order valence-corrected chi connectivity index (χ3v) is 3.58. The van der Waals surface area contributed by atoms with E-state index in [1.165, 1.54) is 7.11 Å². The lowest BCUT2D eigenvalue weighted by atomic mass is 10.2. The summed E-state index contributed by atoms with van der Waals surface area (Å²) in [6, 6.07) is 14.7. The molecule has 0 aliphatic carbocycles. The van der Waals surface area contributed by atoms with Crippen LogP contribution in [0.25, 0.3) is 6.08 Å². The van der Waals surface area contributed by atoms with Crippen LogP contribution in [-0.2, 0) is 20.9 Å². The SMILES string of the molecule is C/C=C/c1ccc(OCC(=O)NCC(=O)OCc2ccccc2)c(OC)c1. The second-order valence-corrected chi connectivity index (χ2v) is 5.62. The highest BCUT2D eigenvalue weighted by Gasteiger charge is 2.10. The molecule has 6 nitrogen and oxygen atoms in total. The summed E-state index contributed by atoms with van der Waals surface area (Å²) in [5.41, 5.74) is 1.85. The zero-order valence-corrected chi connectivity index (χ0v) is 15.4. The lowest BCUT2D eigenvalue weighted by Gasteiger charge is -2.11. The molecule has 1 amide bonds. The van der Waals surface area contributed by atoms with Gasteiger partial charge in [0.2, 0.25) is 0 Å². The van der Waals surface area contributed by atoms with E-state index in [9.17, 15) is 9.59 Å². The number of nitrogens with one attached hydrogen (secondary N) is 1. The highest BCUT2D eigenvalue weighted by molar-refractivity contribution is 5.82. The zero-order chi connectivity index (χ0) is 19.5. The number of hydrogen-bond acceptors (Lipinski definition) is 5. The Morgan fingerprint density at radius 3 is 2.56 bits per heavy atom. The second-order valence-electron chi connectivity index (χ2n) is 5.62. The molecule has 0 heterocycles. The van der Waals surface area contributed by atoms with Crippen LogP contribution in [0.4, 0.5) is 0 Å². The van der Waals surface area contributed by atoms with Crippen molar-refractivity contribution in [3.8, 4) is 11.5 Å². The summed E-state index contributed by atoms with van der Waals surface area (Å²) in [6.07, 6.45) is 3.85. The van der Waals surface area contributed by atoms with Crippen LogP contribution in [0.5, 0.6) is 11.5 Å². The summed E-state index contributed by atoms with van der Waals surface area (Å²) >= 11 is 0. The van der Waals surface area contributed by atoms with Gasteiger partial charge in [-0.15, -0.1) is 0 Å². The van der Waals surface area contributed by atoms with Gasteiger partial charge >= 0.3 is 5.97 Å². The fourth-order valence-corrected chi connectivity index (χ4v) is 2.25. The minimum absolute atomic E-state index is 0.168. The molecule has 0 aromatic heterocycles. The number of allylic oxidation sites excluding steroid dienone is 1. The van der Waals surface area contributed by atoms with Gasteiger partial charge in [0.1, 0.15) is 13.2 Å². The Morgan fingerprint density at radius 1 is 1.07 bits per heavy atom. The van der Waals surface area contributed by atoms with Gasteiger partial charge in [0.15, 0.2) is 18.1 Å². The summed E-state index contributed by atoms with van der Waals surface area (Å²) < 4.78 is 15.8. The first-order chi connectivity index (χ1) is 13.1. The van der Waals surface area contributed by atoms with Crippen LogP contribution < -0.4 is 14.8 Å². The summed E-state index contributed by atoms with van der Waals surface area (Å²) in [6.45, 7) is 1.64. The largest absolute Gasteiger partial charge is 0.493 e. The molecule has 0 saturated carbocycles. The molecule has 0 spiro atoms. The van der Waals surface area contributed by atoms with E-state index >= 15 is 0 Å². The molecule has 0 aliphatic rings. The lowest BCUT2D eigenvalue weighted by Crippen LogP contribution is -2.34. The Morgan fingerprint density at radius 2 is 1.85 bits per heavy atom. The highest BCUT2D eigenvalue weighted by atomic mass is 16.5. The van der Waals surface area contributed by atoms with E-state index in [1.54, 1.807) is 6.07 Å². The van der Waals surface area contributed by atoms with Gasteiger partial charge in [0.25, 0.3) is 5.91 Å². The second kappa shape index (κ2) is 10.7. The van der Waals surface area contributed by atoms with E-state index in [4.69, 9.17) is 14.2 Å². The molecule has 2 aromatic carbocycles. The van der Waals surface area contributed by atoms with Gasteiger partial charge in [-0.1, -0.05) is 48.6 Å². The van der Waals surface area contributed by atoms with E-state index in [2.05, 4.69) is 5.32 Å². The van der Waals surface area contributed by atoms with Crippen LogP contribution in [0.15, 0.2) is 54.6 Å². The van der Waals surface area contributed by atoms with E-state index in [0.29, 0.717) is 11.5 Å². The molecule has 0 bridgehead atoms. The van der Waals surface area contributed by atoms with Crippen molar-refractivity contribution in [2.75, 3.05) is 20.3 Å². The van der Waals surface area contributed by atoms with Crippen molar-refractivity contribution in [3.05, 3.63) is 65.7 Å². The third-order valence-electron chi connectivity index (χ3n) is 3.58. The molecular weight excluding hydrogens is 346 g/mol. The monoisotopic (exact) mass is 369 g/mol. The third kappa shape index (κ3) is 6.86. The van der Waals surface area contributed by atoms with Gasteiger partial charge in [0, 0.05) is 0 Å². The van der Waals surface area contributed by atoms with Gasteiger partial charge in [-0.25, -0.2) is 0 Å². The summed E-state index contributed by atoms with van der Waals surface area (Å²) in [4.78, 5) is 23.6. The number of carbonyl (C=O) groups excluding carboxylic acids is 2. The number of methoxy groups -OCH3 is 1. The number of benzene rings is 2. The molecule has 1 N–H and O–H groups in total. The van der Waals surface area contributed by atoms with Crippen molar-refractivity contribution in [2.45, 2.75) is 13.5 Å². The van der Waals surface area contributed by atoms with E-state index in [-0.39, 0.29) is 19.8 Å². The summed E-state index contributed by atoms with van der Waals surface area (Å²) in [7, 11) is 1.53. The van der Waals surface area contributed by atoms with Gasteiger partial charge in [0.05, 0.1) is 7.11 Å². The normalized spacial score (nSPS) is 10.4. The molecule has 0 unspecified atom stereocenters. The number of amides is 1. The van der Waals surface area contributed by atoms with Crippen LogP contribution >= 0.6 is 0 Å². The molecule has 6 heteroatoms. The molecule has 2 rings (SSSR count). The van der Waals surface area contributed by atoms with Crippen molar-refractivity contribution in [1.82, 2.24) is 5.32 Å². The van der Waals surface area contributed by atoms with Gasteiger partial charge in [-0.2, -0.15) is 0 Å². The predicted molar refractivity (Wildman–Crippen MR) is 102 cm³/mol. The Kier molecular flexibility index (Phi) is 7.91. The lowest BCUT2D eigenvalue weighted by molar-refractivity contribution is -0.145. The smallest absolute Gasteiger partial charge is 0.325 e. The number of rotatable bonds is 9. The first-order valence-corrected chi connectivity index (χ1v) is 8.52.